The number of hydrogen-bond donors (Lipinski definition) is 2. The van der Waals surface area contributed by atoms with Crippen molar-refractivity contribution >= 4 is 28.8 Å². The Morgan fingerprint density at radius 3 is 2.57 bits per heavy atom. The number of carbonyl (C=O) groups excluding carboxylic acids is 3. The van der Waals surface area contributed by atoms with Gasteiger partial charge in [-0.3, -0.25) is 15.0 Å². The van der Waals surface area contributed by atoms with Crippen LogP contribution in [0.5, 0.6) is 0 Å². The van der Waals surface area contributed by atoms with Crippen LogP contribution in [-0.2, 0) is 21.5 Å². The van der Waals surface area contributed by atoms with E-state index >= 15 is 0 Å². The summed E-state index contributed by atoms with van der Waals surface area (Å²) in [5.41, 5.74) is 5.49. The van der Waals surface area contributed by atoms with Crippen LogP contribution in [0, 0.1) is 13.8 Å². The number of nitrogens with one attached hydrogen (secondary N) is 2. The maximum atomic E-state index is 13.1. The van der Waals surface area contributed by atoms with E-state index in [-0.39, 0.29) is 6.42 Å². The first kappa shape index (κ1) is 19.7. The molecule has 0 aliphatic carbocycles. The van der Waals surface area contributed by atoms with Gasteiger partial charge >= 0.3 is 6.03 Å². The van der Waals surface area contributed by atoms with Crippen LogP contribution >= 0.6 is 0 Å². The number of nitrogens with zero attached hydrogens (tertiary/aromatic N) is 1. The highest BCUT2D eigenvalue weighted by Gasteiger charge is 2.52. The third-order valence-electron chi connectivity index (χ3n) is 5.82. The third kappa shape index (κ3) is 3.03. The van der Waals surface area contributed by atoms with E-state index in [1.54, 1.807) is 30.5 Å². The number of furan rings is 1. The van der Waals surface area contributed by atoms with Gasteiger partial charge in [0.25, 0.3) is 5.91 Å². The summed E-state index contributed by atoms with van der Waals surface area (Å²) in [6.07, 6.45) is 1.89. The van der Waals surface area contributed by atoms with Crippen molar-refractivity contribution in [3.05, 3.63) is 71.0 Å². The van der Waals surface area contributed by atoms with Gasteiger partial charge in [-0.25, -0.2) is 4.79 Å². The molecule has 4 amide bonds. The molecule has 1 aromatic heterocycles. The molecule has 0 bridgehead atoms. The number of amides is 4. The molecule has 0 radical (unpaired) electrons. The number of fused-ring (bicyclic) bond motifs is 1. The van der Waals surface area contributed by atoms with Crippen LogP contribution in [0.3, 0.4) is 0 Å². The number of rotatable bonds is 5. The van der Waals surface area contributed by atoms with Gasteiger partial charge in [-0.1, -0.05) is 49.4 Å². The van der Waals surface area contributed by atoms with Crippen LogP contribution in [-0.4, -0.2) is 22.9 Å². The summed E-state index contributed by atoms with van der Waals surface area (Å²) >= 11 is 0. The zero-order valence-electron chi connectivity index (χ0n) is 17.1. The van der Waals surface area contributed by atoms with Crippen LogP contribution in [0.15, 0.2) is 53.1 Å². The number of imide groups is 1. The van der Waals surface area contributed by atoms with Gasteiger partial charge in [0.2, 0.25) is 5.91 Å². The van der Waals surface area contributed by atoms with Gasteiger partial charge < -0.3 is 9.73 Å². The Morgan fingerprint density at radius 1 is 1.13 bits per heavy atom. The molecule has 0 saturated carbocycles. The minimum atomic E-state index is -1.19. The highest BCUT2D eigenvalue weighted by Crippen LogP contribution is 2.32. The van der Waals surface area contributed by atoms with E-state index in [0.29, 0.717) is 17.5 Å². The van der Waals surface area contributed by atoms with E-state index in [2.05, 4.69) is 10.7 Å². The average Bonchev–Trinajstić information content (AvgIpc) is 3.26. The summed E-state index contributed by atoms with van der Waals surface area (Å²) in [6.45, 7) is 5.78. The molecule has 30 heavy (non-hydrogen) atoms. The number of hydrogen-bond acceptors (Lipinski definition) is 4. The molecule has 0 unspecified atom stereocenters. The molecule has 0 spiro atoms. The van der Waals surface area contributed by atoms with E-state index in [9.17, 15) is 14.4 Å². The largest absolute Gasteiger partial charge is 0.464 e. The summed E-state index contributed by atoms with van der Waals surface area (Å²) in [7, 11) is 0. The predicted octanol–water partition coefficient (Wildman–Crippen LogP) is 3.48. The molecule has 1 fully saturated rings. The van der Waals surface area contributed by atoms with Crippen LogP contribution in [0.2, 0.25) is 0 Å². The van der Waals surface area contributed by atoms with Crippen LogP contribution < -0.4 is 10.7 Å². The van der Waals surface area contributed by atoms with Crippen molar-refractivity contribution in [2.24, 2.45) is 0 Å². The number of carbonyl (C=O) groups is 3. The van der Waals surface area contributed by atoms with Gasteiger partial charge in [0.1, 0.15) is 11.1 Å². The van der Waals surface area contributed by atoms with E-state index < -0.39 is 23.4 Å². The Balaban J connectivity index is 1.55. The van der Waals surface area contributed by atoms with Crippen molar-refractivity contribution in [1.29, 1.82) is 0 Å². The van der Waals surface area contributed by atoms with Gasteiger partial charge in [0.05, 0.1) is 12.7 Å². The quantitative estimate of drug-likeness (QED) is 0.636. The molecule has 3 aromatic rings. The number of urea groups is 1. The molecule has 2 N–H and O–H groups in total. The lowest BCUT2D eigenvalue weighted by atomic mass is 9.87. The molecule has 1 atom stereocenters. The second kappa shape index (κ2) is 7.33. The monoisotopic (exact) mass is 405 g/mol. The molecule has 7 nitrogen and oxygen atoms in total. The molecule has 1 aliphatic heterocycles. The molecule has 2 aromatic carbocycles. The third-order valence-corrected chi connectivity index (χ3v) is 5.82. The maximum Gasteiger partial charge on any atom is 0.344 e. The van der Waals surface area contributed by atoms with Crippen LogP contribution in [0.1, 0.15) is 35.6 Å². The number of hydrazine groups is 1. The molecule has 7 heteroatoms. The van der Waals surface area contributed by atoms with E-state index in [1.165, 1.54) is 0 Å². The van der Waals surface area contributed by atoms with Crippen LogP contribution in [0.4, 0.5) is 4.79 Å². The Labute approximate surface area is 174 Å². The van der Waals surface area contributed by atoms with E-state index in [1.807, 2.05) is 39.0 Å². The first-order valence-electron chi connectivity index (χ1n) is 9.85. The fourth-order valence-electron chi connectivity index (χ4n) is 3.90. The lowest BCUT2D eigenvalue weighted by Crippen LogP contribution is -2.49. The summed E-state index contributed by atoms with van der Waals surface area (Å²) in [4.78, 5) is 38.3. The van der Waals surface area contributed by atoms with Gasteiger partial charge in [-0.2, -0.15) is 5.01 Å². The first-order chi connectivity index (χ1) is 14.4. The number of benzene rings is 2. The van der Waals surface area contributed by atoms with Crippen LogP contribution in [0.25, 0.3) is 11.0 Å². The van der Waals surface area contributed by atoms with Gasteiger partial charge in [0.15, 0.2) is 0 Å². The zero-order chi connectivity index (χ0) is 21.5. The van der Waals surface area contributed by atoms with Gasteiger partial charge in [0, 0.05) is 10.9 Å². The molecular formula is C23H23N3O4. The van der Waals surface area contributed by atoms with Crippen molar-refractivity contribution < 1.29 is 18.8 Å². The van der Waals surface area contributed by atoms with E-state index in [4.69, 9.17) is 4.42 Å². The molecular weight excluding hydrogens is 382 g/mol. The van der Waals surface area contributed by atoms with Crippen molar-refractivity contribution in [1.82, 2.24) is 15.8 Å². The minimum Gasteiger partial charge on any atom is -0.464 e. The second-order valence-electron chi connectivity index (χ2n) is 7.55. The lowest BCUT2D eigenvalue weighted by Gasteiger charge is -2.25. The van der Waals surface area contributed by atoms with E-state index in [0.717, 1.165) is 27.1 Å². The lowest BCUT2D eigenvalue weighted by molar-refractivity contribution is -0.139. The topological polar surface area (TPSA) is 91.7 Å². The Morgan fingerprint density at radius 2 is 1.87 bits per heavy atom. The molecule has 1 saturated heterocycles. The summed E-state index contributed by atoms with van der Waals surface area (Å²) in [5.74, 6) is -0.975. The normalized spacial score (nSPS) is 18.7. The zero-order valence-corrected chi connectivity index (χ0v) is 17.1. The van der Waals surface area contributed by atoms with Crippen molar-refractivity contribution in [2.45, 2.75) is 39.2 Å². The number of aryl methyl sites for hydroxylation is 2. The summed E-state index contributed by atoms with van der Waals surface area (Å²) < 4.78 is 5.64. The smallest absolute Gasteiger partial charge is 0.344 e. The average molecular weight is 405 g/mol. The fraction of sp³-hybridized carbons (Fsp3) is 0.261. The molecule has 4 rings (SSSR count). The van der Waals surface area contributed by atoms with Crippen molar-refractivity contribution in [2.75, 3.05) is 0 Å². The highest BCUT2D eigenvalue weighted by molar-refractivity contribution is 6.08. The minimum absolute atomic E-state index is 0.0168. The van der Waals surface area contributed by atoms with Gasteiger partial charge in [-0.05, 0) is 37.0 Å². The Bertz CT molecular complexity index is 1150. The predicted molar refractivity (Wildman–Crippen MR) is 111 cm³/mol. The summed E-state index contributed by atoms with van der Waals surface area (Å²) in [5, 5.41) is 4.36. The fourth-order valence-corrected chi connectivity index (χ4v) is 3.90. The Hall–Kier alpha value is -3.61. The molecule has 1 aliphatic rings. The highest BCUT2D eigenvalue weighted by atomic mass is 16.3. The Kier molecular flexibility index (Phi) is 4.81. The SMILES string of the molecule is CC[C@@]1(c2ccccc2)NC(=O)N(NC(=O)Cc2coc3c(C)c(C)ccc23)C1=O. The maximum absolute atomic E-state index is 13.1. The van der Waals surface area contributed by atoms with Crippen molar-refractivity contribution in [3.8, 4) is 0 Å². The standard InChI is InChI=1S/C23H23N3O4/c1-4-23(17-8-6-5-7-9-17)21(28)26(22(29)24-23)25-19(27)12-16-13-30-20-15(3)14(2)10-11-18(16)20/h5-11,13H,4,12H2,1-3H3,(H,24,29)(H,25,27)/t23-/m0/s1. The first-order valence-corrected chi connectivity index (χ1v) is 9.85. The second-order valence-corrected chi connectivity index (χ2v) is 7.55. The summed E-state index contributed by atoms with van der Waals surface area (Å²) in [6, 6.07) is 12.3. The molecule has 2 heterocycles. The van der Waals surface area contributed by atoms with Crippen molar-refractivity contribution in [3.63, 3.8) is 0 Å². The molecule has 154 valence electrons. The van der Waals surface area contributed by atoms with Gasteiger partial charge in [-0.15, -0.1) is 0 Å².